The molecule has 1 aliphatic carbocycles. The van der Waals surface area contributed by atoms with E-state index in [9.17, 15) is 18.7 Å². The van der Waals surface area contributed by atoms with E-state index >= 15 is 0 Å². The summed E-state index contributed by atoms with van der Waals surface area (Å²) < 4.78 is 38.1. The second kappa shape index (κ2) is 9.83. The number of benzene rings is 2. The molecule has 0 aliphatic heterocycles. The summed E-state index contributed by atoms with van der Waals surface area (Å²) in [5, 5.41) is 13.9. The van der Waals surface area contributed by atoms with Crippen molar-refractivity contribution in [1.29, 1.82) is 0 Å². The van der Waals surface area contributed by atoms with Crippen LogP contribution in [0.3, 0.4) is 0 Å². The molecule has 174 valence electrons. The van der Waals surface area contributed by atoms with Crippen molar-refractivity contribution < 1.29 is 28.2 Å². The Morgan fingerprint density at radius 2 is 1.84 bits per heavy atom. The van der Waals surface area contributed by atoms with Gasteiger partial charge < -0.3 is 19.9 Å². The number of aliphatic hydroxyl groups is 1. The smallest absolute Gasteiger partial charge is 0.407 e. The van der Waals surface area contributed by atoms with Crippen molar-refractivity contribution in [1.82, 2.24) is 10.2 Å². The number of amides is 1. The summed E-state index contributed by atoms with van der Waals surface area (Å²) in [6.07, 6.45) is -1.93. The molecule has 0 heterocycles. The fraction of sp³-hybridized carbons (Fsp3) is 0.458. The zero-order valence-electron chi connectivity index (χ0n) is 18.7. The SMILES string of the molecule is CN(Cc1ccc(F)cc1)[C@@H]1[C@@H](O)[C@H](Oc2cccc(F)c2)C[C@H]1NC(=O)OC(C)(C)C. The second-order valence-corrected chi connectivity index (χ2v) is 9.12. The minimum absolute atomic E-state index is 0.298. The summed E-state index contributed by atoms with van der Waals surface area (Å²) in [5.41, 5.74) is 0.181. The second-order valence-electron chi connectivity index (χ2n) is 9.12. The fourth-order valence-corrected chi connectivity index (χ4v) is 3.97. The lowest BCUT2D eigenvalue weighted by atomic mass is 10.1. The Labute approximate surface area is 187 Å². The van der Waals surface area contributed by atoms with Gasteiger partial charge in [-0.3, -0.25) is 4.90 Å². The van der Waals surface area contributed by atoms with Gasteiger partial charge >= 0.3 is 6.09 Å². The maximum atomic E-state index is 13.6. The summed E-state index contributed by atoms with van der Waals surface area (Å²) in [6, 6.07) is 10.8. The predicted octanol–water partition coefficient (Wildman–Crippen LogP) is 3.87. The van der Waals surface area contributed by atoms with Gasteiger partial charge in [0.2, 0.25) is 0 Å². The van der Waals surface area contributed by atoms with Crippen molar-refractivity contribution >= 4 is 6.09 Å². The van der Waals surface area contributed by atoms with Gasteiger partial charge in [-0.1, -0.05) is 18.2 Å². The minimum atomic E-state index is -0.969. The fourth-order valence-electron chi connectivity index (χ4n) is 3.97. The zero-order chi connectivity index (χ0) is 23.5. The van der Waals surface area contributed by atoms with E-state index in [1.54, 1.807) is 39.0 Å². The van der Waals surface area contributed by atoms with Crippen molar-refractivity contribution in [2.45, 2.75) is 63.6 Å². The van der Waals surface area contributed by atoms with Crippen molar-refractivity contribution in [2.24, 2.45) is 0 Å². The molecule has 1 aliphatic rings. The lowest BCUT2D eigenvalue weighted by molar-refractivity contribution is 0.0107. The number of halogens is 2. The average Bonchev–Trinajstić information content (AvgIpc) is 2.97. The Balaban J connectivity index is 1.78. The van der Waals surface area contributed by atoms with Crippen molar-refractivity contribution in [2.75, 3.05) is 7.05 Å². The molecule has 0 saturated heterocycles. The summed E-state index contributed by atoms with van der Waals surface area (Å²) >= 11 is 0. The lowest BCUT2D eigenvalue weighted by Gasteiger charge is -2.32. The molecule has 3 rings (SSSR count). The lowest BCUT2D eigenvalue weighted by Crippen LogP contribution is -2.52. The van der Waals surface area contributed by atoms with Gasteiger partial charge in [0, 0.05) is 19.0 Å². The number of alkyl carbamates (subject to hydrolysis) is 1. The normalized spacial score (nSPS) is 23.2. The van der Waals surface area contributed by atoms with E-state index in [1.807, 2.05) is 11.9 Å². The summed E-state index contributed by atoms with van der Waals surface area (Å²) in [5.74, 6) is -0.472. The van der Waals surface area contributed by atoms with Crippen molar-refractivity contribution in [3.8, 4) is 5.75 Å². The Morgan fingerprint density at radius 1 is 1.16 bits per heavy atom. The van der Waals surface area contributed by atoms with Gasteiger partial charge in [0.25, 0.3) is 0 Å². The molecule has 2 aromatic rings. The van der Waals surface area contributed by atoms with Gasteiger partial charge in [0.05, 0.1) is 12.1 Å². The highest BCUT2D eigenvalue weighted by molar-refractivity contribution is 5.68. The van der Waals surface area contributed by atoms with Crippen molar-refractivity contribution in [3.05, 3.63) is 65.7 Å². The van der Waals surface area contributed by atoms with E-state index in [-0.39, 0.29) is 5.82 Å². The van der Waals surface area contributed by atoms with Crippen LogP contribution in [0.15, 0.2) is 48.5 Å². The molecule has 0 radical (unpaired) electrons. The minimum Gasteiger partial charge on any atom is -0.487 e. The summed E-state index contributed by atoms with van der Waals surface area (Å²) in [4.78, 5) is 14.3. The van der Waals surface area contributed by atoms with Gasteiger partial charge in [-0.25, -0.2) is 13.6 Å². The molecule has 0 unspecified atom stereocenters. The molecule has 8 heteroatoms. The Kier molecular flexibility index (Phi) is 7.36. The molecule has 4 atom stereocenters. The number of likely N-dealkylation sites (N-methyl/N-ethyl adjacent to an activating group) is 1. The maximum Gasteiger partial charge on any atom is 0.407 e. The highest BCUT2D eigenvalue weighted by Gasteiger charge is 2.47. The van der Waals surface area contributed by atoms with Crippen LogP contribution in [0.4, 0.5) is 13.6 Å². The average molecular weight is 449 g/mol. The first-order chi connectivity index (χ1) is 15.0. The molecule has 1 amide bonds. The molecule has 2 aromatic carbocycles. The quantitative estimate of drug-likeness (QED) is 0.702. The van der Waals surface area contributed by atoms with E-state index in [2.05, 4.69) is 5.32 Å². The zero-order valence-corrected chi connectivity index (χ0v) is 18.7. The van der Waals surface area contributed by atoms with E-state index in [0.717, 1.165) is 5.56 Å². The van der Waals surface area contributed by atoms with Crippen LogP contribution in [-0.2, 0) is 11.3 Å². The molecule has 2 N–H and O–H groups in total. The molecule has 32 heavy (non-hydrogen) atoms. The highest BCUT2D eigenvalue weighted by atomic mass is 19.1. The molecule has 0 spiro atoms. The van der Waals surface area contributed by atoms with Crippen LogP contribution in [-0.4, -0.2) is 53.0 Å². The summed E-state index contributed by atoms with van der Waals surface area (Å²) in [7, 11) is 1.81. The van der Waals surface area contributed by atoms with E-state index in [4.69, 9.17) is 9.47 Å². The third-order valence-corrected chi connectivity index (χ3v) is 5.27. The van der Waals surface area contributed by atoms with Crippen LogP contribution in [0, 0.1) is 11.6 Å². The van der Waals surface area contributed by atoms with Crippen LogP contribution in [0.25, 0.3) is 0 Å². The predicted molar refractivity (Wildman–Crippen MR) is 116 cm³/mol. The number of hydrogen-bond donors (Lipinski definition) is 2. The number of nitrogens with one attached hydrogen (secondary N) is 1. The van der Waals surface area contributed by atoms with E-state index in [1.165, 1.54) is 30.3 Å². The molecular formula is C24H30F2N2O4. The molecule has 0 bridgehead atoms. The first-order valence-corrected chi connectivity index (χ1v) is 10.6. The first-order valence-electron chi connectivity index (χ1n) is 10.6. The number of nitrogens with zero attached hydrogens (tertiary/aromatic N) is 1. The molecular weight excluding hydrogens is 418 g/mol. The number of aliphatic hydroxyl groups excluding tert-OH is 1. The Morgan fingerprint density at radius 3 is 2.47 bits per heavy atom. The van der Waals surface area contributed by atoms with Gasteiger partial charge in [0.1, 0.15) is 35.2 Å². The van der Waals surface area contributed by atoms with Gasteiger partial charge in [-0.2, -0.15) is 0 Å². The van der Waals surface area contributed by atoms with E-state index in [0.29, 0.717) is 18.7 Å². The topological polar surface area (TPSA) is 71.0 Å². The molecule has 1 fully saturated rings. The number of ether oxygens (including phenoxy) is 2. The van der Waals surface area contributed by atoms with Crippen LogP contribution in [0.1, 0.15) is 32.8 Å². The number of carbonyl (C=O) groups is 1. The molecule has 1 saturated carbocycles. The van der Waals surface area contributed by atoms with E-state index < -0.39 is 41.8 Å². The highest BCUT2D eigenvalue weighted by Crippen LogP contribution is 2.30. The third-order valence-electron chi connectivity index (χ3n) is 5.27. The molecule has 0 aromatic heterocycles. The number of hydrogen-bond acceptors (Lipinski definition) is 5. The Bertz CT molecular complexity index is 917. The van der Waals surface area contributed by atoms with Crippen molar-refractivity contribution in [3.63, 3.8) is 0 Å². The van der Waals surface area contributed by atoms with Crippen LogP contribution < -0.4 is 10.1 Å². The van der Waals surface area contributed by atoms with Crippen LogP contribution in [0.2, 0.25) is 0 Å². The monoisotopic (exact) mass is 448 g/mol. The maximum absolute atomic E-state index is 13.6. The number of carbonyl (C=O) groups excluding carboxylic acids is 1. The standard InChI is InChI=1S/C24H30F2N2O4/c1-24(2,3)32-23(30)27-19-13-20(31-18-7-5-6-17(26)12-18)22(29)21(19)28(4)14-15-8-10-16(25)11-9-15/h5-12,19-22,29H,13-14H2,1-4H3,(H,27,30)/t19-,20-,21+,22+/m1/s1. The first kappa shape index (κ1) is 23.9. The van der Waals surface area contributed by atoms with Gasteiger partial charge in [-0.05, 0) is 57.6 Å². The largest absolute Gasteiger partial charge is 0.487 e. The molecule has 6 nitrogen and oxygen atoms in total. The van der Waals surface area contributed by atoms with Gasteiger partial charge in [-0.15, -0.1) is 0 Å². The van der Waals surface area contributed by atoms with Crippen LogP contribution in [0.5, 0.6) is 5.75 Å². The Hall–Kier alpha value is -2.71. The number of rotatable bonds is 6. The third kappa shape index (κ3) is 6.40. The van der Waals surface area contributed by atoms with Crippen LogP contribution >= 0.6 is 0 Å². The van der Waals surface area contributed by atoms with Gasteiger partial charge in [0.15, 0.2) is 0 Å². The summed E-state index contributed by atoms with van der Waals surface area (Å²) in [6.45, 7) is 5.72.